The maximum Gasteiger partial charge on any atom is 0.490 e. The third-order valence-electron chi connectivity index (χ3n) is 7.67. The Labute approximate surface area is 325 Å². The number of phosphoric ester groups is 2. The van der Waals surface area contributed by atoms with Gasteiger partial charge in [0, 0.05) is 24.1 Å². The number of aromatic nitrogens is 4. The minimum absolute atomic E-state index is 0.191. The van der Waals surface area contributed by atoms with Crippen LogP contribution >= 0.6 is 31.3 Å². The standard InChI is InChI=1S/C25H31FN6O23P4/c26-11-1-3-12(4-2-11)27-23(38)28-15-5-7-31(24(39)29-15)21-19(36)17(34)13(51-21)9-49-56(41,42)53-58(45,46)55-59(47,48)54-57(43,44)50-10-14-18(35)20(37)22(52-14)32-8-6-16(33)30-25(32)40/h1-8,13-14,17-22,34-37H,9-10H2,(H,41,42)(H,43,44)(H,45,46)(H,47,48)(H,30,33,40)(H2,27,28,29,38,39)/t13-,14+,17-,18+,19-,20+,21-,22+/m1/s1. The first-order chi connectivity index (χ1) is 27.3. The van der Waals surface area contributed by atoms with Gasteiger partial charge in [0.1, 0.15) is 48.3 Å². The van der Waals surface area contributed by atoms with Crippen molar-refractivity contribution < 1.29 is 98.9 Å². The molecule has 5 rings (SSSR count). The van der Waals surface area contributed by atoms with E-state index in [2.05, 4.69) is 37.6 Å². The molecule has 0 radical (unpaired) electrons. The fourth-order valence-electron chi connectivity index (χ4n) is 5.11. The van der Waals surface area contributed by atoms with Crippen LogP contribution in [0.4, 0.5) is 20.7 Å². The van der Waals surface area contributed by atoms with Crippen LogP contribution in [0, 0.1) is 5.82 Å². The van der Waals surface area contributed by atoms with E-state index in [1.54, 1.807) is 0 Å². The summed E-state index contributed by atoms with van der Waals surface area (Å²) in [7, 11) is -24.3. The molecule has 2 saturated heterocycles. The Bertz CT molecular complexity index is 2400. The van der Waals surface area contributed by atoms with Crippen molar-refractivity contribution in [1.29, 1.82) is 0 Å². The number of urea groups is 1. The normalized spacial score (nSPS) is 28.5. The van der Waals surface area contributed by atoms with Gasteiger partial charge in [-0.15, -0.1) is 0 Å². The quantitative estimate of drug-likeness (QED) is 0.0713. The summed E-state index contributed by atoms with van der Waals surface area (Å²) in [6.07, 6.45) is -12.9. The third-order valence-corrected chi connectivity index (χ3v) is 13.6. The zero-order valence-corrected chi connectivity index (χ0v) is 32.4. The number of nitrogens with zero attached hydrogens (tertiary/aromatic N) is 3. The first-order valence-corrected chi connectivity index (χ1v) is 21.8. The smallest absolute Gasteiger partial charge is 0.387 e. The molecule has 34 heteroatoms. The fourth-order valence-corrected chi connectivity index (χ4v) is 10.1. The molecule has 12 atom stereocenters. The lowest BCUT2D eigenvalue weighted by molar-refractivity contribution is -0.0543. The molecule has 4 unspecified atom stereocenters. The number of aromatic amines is 1. The molecule has 0 spiro atoms. The number of halogens is 1. The van der Waals surface area contributed by atoms with Crippen molar-refractivity contribution in [3.8, 4) is 0 Å². The summed E-state index contributed by atoms with van der Waals surface area (Å²) >= 11 is 0. The highest BCUT2D eigenvalue weighted by Crippen LogP contribution is 2.71. The van der Waals surface area contributed by atoms with Crippen molar-refractivity contribution in [3.63, 3.8) is 0 Å². The number of benzene rings is 1. The van der Waals surface area contributed by atoms with Gasteiger partial charge in [-0.25, -0.2) is 37.0 Å². The largest absolute Gasteiger partial charge is 0.490 e. The molecule has 2 aliphatic rings. The predicted molar refractivity (Wildman–Crippen MR) is 185 cm³/mol. The number of carbonyl (C=O) groups is 1. The van der Waals surface area contributed by atoms with Crippen molar-refractivity contribution in [2.45, 2.75) is 49.1 Å². The van der Waals surface area contributed by atoms with Crippen molar-refractivity contribution in [3.05, 3.63) is 85.9 Å². The van der Waals surface area contributed by atoms with Gasteiger partial charge in [-0.1, -0.05) is 0 Å². The number of hydrogen-bond donors (Lipinski definition) is 11. The number of aliphatic hydroxyl groups excluding tert-OH is 4. The second-order valence-electron chi connectivity index (χ2n) is 11.9. The lowest BCUT2D eigenvalue weighted by Gasteiger charge is -2.21. The number of nitrogens with one attached hydrogen (secondary N) is 3. The van der Waals surface area contributed by atoms with E-state index >= 15 is 0 Å². The van der Waals surface area contributed by atoms with Gasteiger partial charge < -0.3 is 54.8 Å². The number of aliphatic hydroxyl groups is 4. The molecule has 326 valence electrons. The average Bonchev–Trinajstić information content (AvgIpc) is 3.55. The van der Waals surface area contributed by atoms with Crippen LogP contribution in [0.15, 0.2) is 63.2 Å². The van der Waals surface area contributed by atoms with Gasteiger partial charge in [0.2, 0.25) is 0 Å². The van der Waals surface area contributed by atoms with E-state index in [9.17, 15) is 81.8 Å². The Morgan fingerprint density at radius 1 is 0.712 bits per heavy atom. The molecular formula is C25H31FN6O23P4. The van der Waals surface area contributed by atoms with Crippen LogP contribution in [-0.4, -0.2) is 115 Å². The molecule has 1 aromatic carbocycles. The predicted octanol–water partition coefficient (Wildman–Crippen LogP) is -1.70. The number of hydrogen-bond acceptors (Lipinski definition) is 20. The Hall–Kier alpha value is -3.70. The lowest BCUT2D eigenvalue weighted by atomic mass is 10.1. The maximum atomic E-state index is 13.1. The van der Waals surface area contributed by atoms with Gasteiger partial charge in [-0.2, -0.15) is 17.9 Å². The lowest BCUT2D eigenvalue weighted by Crippen LogP contribution is -2.37. The van der Waals surface area contributed by atoms with Gasteiger partial charge in [0.25, 0.3) is 5.56 Å². The molecule has 0 saturated carbocycles. The molecular weight excluding hydrogens is 895 g/mol. The second kappa shape index (κ2) is 18.1. The summed E-state index contributed by atoms with van der Waals surface area (Å²) in [5.41, 5.74) is -2.88. The zero-order valence-electron chi connectivity index (χ0n) is 28.9. The van der Waals surface area contributed by atoms with Crippen LogP contribution in [-0.2, 0) is 49.7 Å². The maximum absolute atomic E-state index is 13.1. The summed E-state index contributed by atoms with van der Waals surface area (Å²) in [5, 5.41) is 45.9. The number of anilines is 2. The Balaban J connectivity index is 1.11. The molecule has 59 heavy (non-hydrogen) atoms. The fraction of sp³-hybridized carbons (Fsp3) is 0.400. The third kappa shape index (κ3) is 12.2. The van der Waals surface area contributed by atoms with Crippen molar-refractivity contribution in [2.75, 3.05) is 23.8 Å². The number of carbonyl (C=O) groups excluding carboxylic acids is 1. The number of H-pyrrole nitrogens is 1. The van der Waals surface area contributed by atoms with Crippen LogP contribution in [0.2, 0.25) is 0 Å². The first kappa shape index (κ1) is 46.4. The molecule has 2 aliphatic heterocycles. The van der Waals surface area contributed by atoms with Gasteiger partial charge in [-0.3, -0.25) is 33.3 Å². The Kier molecular flexibility index (Phi) is 14.2. The van der Waals surface area contributed by atoms with Crippen molar-refractivity contribution >= 4 is 48.8 Å². The molecule has 11 N–H and O–H groups in total. The minimum atomic E-state index is -6.30. The number of rotatable bonds is 16. The Morgan fingerprint density at radius 3 is 1.68 bits per heavy atom. The molecule has 0 aliphatic carbocycles. The summed E-state index contributed by atoms with van der Waals surface area (Å²) in [6.45, 7) is -2.49. The second-order valence-corrected chi connectivity index (χ2v) is 18.1. The zero-order chi connectivity index (χ0) is 43.7. The van der Waals surface area contributed by atoms with E-state index in [1.165, 1.54) is 12.1 Å². The van der Waals surface area contributed by atoms with Crippen LogP contribution in [0.25, 0.3) is 0 Å². The molecule has 2 aromatic heterocycles. The number of amides is 2. The average molecular weight is 926 g/mol. The van der Waals surface area contributed by atoms with E-state index in [-0.39, 0.29) is 11.5 Å². The van der Waals surface area contributed by atoms with E-state index in [4.69, 9.17) is 9.47 Å². The van der Waals surface area contributed by atoms with Crippen molar-refractivity contribution in [2.24, 2.45) is 0 Å². The minimum Gasteiger partial charge on any atom is -0.387 e. The van der Waals surface area contributed by atoms with Gasteiger partial charge in [0.05, 0.1) is 13.2 Å². The number of phosphoric acid groups is 4. The van der Waals surface area contributed by atoms with Crippen molar-refractivity contribution in [1.82, 2.24) is 19.1 Å². The highest BCUT2D eigenvalue weighted by atomic mass is 31.3. The van der Waals surface area contributed by atoms with Gasteiger partial charge >= 0.3 is 48.7 Å². The first-order valence-electron chi connectivity index (χ1n) is 15.9. The summed E-state index contributed by atoms with van der Waals surface area (Å²) in [6, 6.07) is 5.69. The van der Waals surface area contributed by atoms with Gasteiger partial charge in [0.15, 0.2) is 12.5 Å². The van der Waals surface area contributed by atoms with Gasteiger partial charge in [-0.05, 0) is 30.3 Å². The summed E-state index contributed by atoms with van der Waals surface area (Å²) in [4.78, 5) is 93.0. The van der Waals surface area contributed by atoms with E-state index in [0.29, 0.717) is 9.13 Å². The topological polar surface area (TPSA) is 426 Å². The molecule has 0 bridgehead atoms. The number of ether oxygens (including phenoxy) is 2. The molecule has 2 fully saturated rings. The highest BCUT2D eigenvalue weighted by Gasteiger charge is 2.50. The van der Waals surface area contributed by atoms with E-state index in [0.717, 1.165) is 36.7 Å². The molecule has 29 nitrogen and oxygen atoms in total. The molecule has 2 amide bonds. The highest BCUT2D eigenvalue weighted by molar-refractivity contribution is 7.69. The Morgan fingerprint density at radius 2 is 1.19 bits per heavy atom. The van der Waals surface area contributed by atoms with E-state index in [1.807, 2.05) is 4.98 Å². The molecule has 4 heterocycles. The monoisotopic (exact) mass is 926 g/mol. The summed E-state index contributed by atoms with van der Waals surface area (Å²) in [5.74, 6) is -0.869. The van der Waals surface area contributed by atoms with Crippen LogP contribution in [0.1, 0.15) is 12.5 Å². The molecule has 3 aromatic rings. The van der Waals surface area contributed by atoms with Crippen LogP contribution in [0.5, 0.6) is 0 Å². The van der Waals surface area contributed by atoms with Crippen LogP contribution < -0.4 is 27.6 Å². The summed E-state index contributed by atoms with van der Waals surface area (Å²) < 4.78 is 94.5. The SMILES string of the molecule is O=C(Nc1ccc(F)cc1)Nc1ccn([C@@H]2O[C@H](COP(=O)(O)OP(=O)(O)OP(=O)(O)OP(=O)(O)OC[C@@H]3O[C@H](n4ccc(=O)[nH]c4=O)[C@@H](O)[C@H]3O)[C@@H](O)[C@H]2O)c(=O)n1. The van der Waals surface area contributed by atoms with E-state index < -0.39 is 122 Å². The van der Waals surface area contributed by atoms with Crippen LogP contribution in [0.3, 0.4) is 0 Å².